The highest BCUT2D eigenvalue weighted by Gasteiger charge is 2.07. The summed E-state index contributed by atoms with van der Waals surface area (Å²) in [5, 5.41) is 9.60. The predicted octanol–water partition coefficient (Wildman–Crippen LogP) is 3.02. The lowest BCUT2D eigenvalue weighted by atomic mass is 10.1. The van der Waals surface area contributed by atoms with Crippen LogP contribution in [0.2, 0.25) is 0 Å². The summed E-state index contributed by atoms with van der Waals surface area (Å²) in [5.74, 6) is -0.352. The van der Waals surface area contributed by atoms with E-state index in [1.54, 1.807) is 30.3 Å². The minimum Gasteiger partial charge on any atom is -0.385 e. The second kappa shape index (κ2) is 10.7. The number of ketones is 1. The van der Waals surface area contributed by atoms with E-state index < -0.39 is 0 Å². The molecule has 140 valence electrons. The summed E-state index contributed by atoms with van der Waals surface area (Å²) in [5.41, 5.74) is 2.78. The molecule has 0 spiro atoms. The van der Waals surface area contributed by atoms with E-state index in [2.05, 4.69) is 22.4 Å². The van der Waals surface area contributed by atoms with Gasteiger partial charge in [-0.15, -0.1) is 6.58 Å². The van der Waals surface area contributed by atoms with Crippen LogP contribution >= 0.6 is 0 Å². The molecule has 0 unspecified atom stereocenters. The molecule has 2 aromatic rings. The van der Waals surface area contributed by atoms with Crippen molar-refractivity contribution in [3.8, 4) is 0 Å². The number of carbonyl (C=O) groups excluding carboxylic acids is 2. The van der Waals surface area contributed by atoms with Gasteiger partial charge in [0.05, 0.1) is 12.3 Å². The Balaban J connectivity index is 1.80. The van der Waals surface area contributed by atoms with Crippen LogP contribution in [0.25, 0.3) is 0 Å². The minimum atomic E-state index is -0.327. The van der Waals surface area contributed by atoms with Gasteiger partial charge in [-0.1, -0.05) is 41.6 Å². The molecule has 2 N–H and O–H groups in total. The van der Waals surface area contributed by atoms with E-state index in [-0.39, 0.29) is 24.8 Å². The van der Waals surface area contributed by atoms with E-state index >= 15 is 0 Å². The summed E-state index contributed by atoms with van der Waals surface area (Å²) in [7, 11) is 0. The van der Waals surface area contributed by atoms with Crippen LogP contribution < -0.4 is 10.6 Å². The van der Waals surface area contributed by atoms with Gasteiger partial charge in [0.25, 0.3) is 5.91 Å². The van der Waals surface area contributed by atoms with Crippen molar-refractivity contribution in [3.63, 3.8) is 0 Å². The van der Waals surface area contributed by atoms with Gasteiger partial charge >= 0.3 is 0 Å². The fraction of sp³-hybridized carbons (Fsp3) is 0.190. The van der Waals surface area contributed by atoms with Gasteiger partial charge in [0, 0.05) is 17.8 Å². The SMILES string of the molecule is C=CCNCC(=O)c1ccc(NC(=O)CON=C(C)c2ccccc2)cc1. The van der Waals surface area contributed by atoms with E-state index in [1.807, 2.05) is 37.3 Å². The fourth-order valence-corrected chi connectivity index (χ4v) is 2.25. The number of Topliss-reactive ketones (excluding diaryl/α,β-unsaturated/α-hetero) is 1. The zero-order chi connectivity index (χ0) is 19.5. The summed E-state index contributed by atoms with van der Waals surface area (Å²) in [6, 6.07) is 16.3. The summed E-state index contributed by atoms with van der Waals surface area (Å²) in [6.45, 7) is 6.01. The Morgan fingerprint density at radius 3 is 2.44 bits per heavy atom. The molecule has 0 saturated heterocycles. The molecule has 0 bridgehead atoms. The number of hydrogen-bond donors (Lipinski definition) is 2. The Morgan fingerprint density at radius 1 is 1.07 bits per heavy atom. The average Bonchev–Trinajstić information content (AvgIpc) is 2.69. The highest BCUT2D eigenvalue weighted by atomic mass is 16.6. The van der Waals surface area contributed by atoms with Gasteiger partial charge in [-0.05, 0) is 36.8 Å². The van der Waals surface area contributed by atoms with Crippen LogP contribution in [0.15, 0.2) is 72.4 Å². The molecular weight excluding hydrogens is 342 g/mol. The molecule has 0 aromatic heterocycles. The molecule has 6 nitrogen and oxygen atoms in total. The van der Waals surface area contributed by atoms with Gasteiger partial charge in [-0.3, -0.25) is 9.59 Å². The number of nitrogens with zero attached hydrogens (tertiary/aromatic N) is 1. The Bertz CT molecular complexity index is 799. The maximum absolute atomic E-state index is 12.0. The van der Waals surface area contributed by atoms with Crippen LogP contribution in [0.4, 0.5) is 5.69 Å². The zero-order valence-electron chi connectivity index (χ0n) is 15.3. The number of benzene rings is 2. The van der Waals surface area contributed by atoms with Gasteiger partial charge in [0.15, 0.2) is 12.4 Å². The van der Waals surface area contributed by atoms with E-state index in [0.717, 1.165) is 5.56 Å². The van der Waals surface area contributed by atoms with Crippen LogP contribution in [-0.4, -0.2) is 37.1 Å². The van der Waals surface area contributed by atoms with Crippen molar-refractivity contribution in [1.29, 1.82) is 0 Å². The van der Waals surface area contributed by atoms with E-state index in [0.29, 0.717) is 23.5 Å². The van der Waals surface area contributed by atoms with Crippen LogP contribution in [0.1, 0.15) is 22.8 Å². The number of rotatable bonds is 10. The third-order valence-corrected chi connectivity index (χ3v) is 3.65. The molecule has 2 rings (SSSR count). The van der Waals surface area contributed by atoms with Crippen LogP contribution in [-0.2, 0) is 9.63 Å². The number of amides is 1. The quantitative estimate of drug-likeness (QED) is 0.223. The Hall–Kier alpha value is -3.25. The van der Waals surface area contributed by atoms with E-state index in [4.69, 9.17) is 4.84 Å². The molecule has 0 radical (unpaired) electrons. The monoisotopic (exact) mass is 365 g/mol. The van der Waals surface area contributed by atoms with Crippen molar-refractivity contribution in [1.82, 2.24) is 5.32 Å². The molecule has 0 atom stereocenters. The molecule has 2 aromatic carbocycles. The zero-order valence-corrected chi connectivity index (χ0v) is 15.3. The third-order valence-electron chi connectivity index (χ3n) is 3.65. The van der Waals surface area contributed by atoms with Gasteiger partial charge in [0.2, 0.25) is 0 Å². The first-order valence-electron chi connectivity index (χ1n) is 8.57. The smallest absolute Gasteiger partial charge is 0.265 e. The first-order valence-corrected chi connectivity index (χ1v) is 8.57. The van der Waals surface area contributed by atoms with Crippen molar-refractivity contribution < 1.29 is 14.4 Å². The van der Waals surface area contributed by atoms with Crippen LogP contribution in [0, 0.1) is 0 Å². The largest absolute Gasteiger partial charge is 0.385 e. The molecule has 0 saturated carbocycles. The lowest BCUT2D eigenvalue weighted by molar-refractivity contribution is -0.120. The van der Waals surface area contributed by atoms with Crippen molar-refractivity contribution >= 4 is 23.1 Å². The molecule has 0 aliphatic carbocycles. The Kier molecular flexibility index (Phi) is 7.93. The second-order valence-corrected chi connectivity index (χ2v) is 5.78. The van der Waals surface area contributed by atoms with Crippen LogP contribution in [0.3, 0.4) is 0 Å². The van der Waals surface area contributed by atoms with Gasteiger partial charge in [0.1, 0.15) is 0 Å². The maximum Gasteiger partial charge on any atom is 0.265 e. The van der Waals surface area contributed by atoms with Gasteiger partial charge in [-0.2, -0.15) is 0 Å². The van der Waals surface area contributed by atoms with E-state index in [1.165, 1.54) is 0 Å². The predicted molar refractivity (Wildman–Crippen MR) is 107 cm³/mol. The lowest BCUT2D eigenvalue weighted by Gasteiger charge is -2.07. The number of nitrogens with one attached hydrogen (secondary N) is 2. The van der Waals surface area contributed by atoms with Gasteiger partial charge < -0.3 is 15.5 Å². The number of anilines is 1. The molecule has 27 heavy (non-hydrogen) atoms. The number of carbonyl (C=O) groups is 2. The molecule has 6 heteroatoms. The molecule has 0 heterocycles. The summed E-state index contributed by atoms with van der Waals surface area (Å²) >= 11 is 0. The molecule has 1 amide bonds. The molecule has 0 fully saturated rings. The fourth-order valence-electron chi connectivity index (χ4n) is 2.25. The standard InChI is InChI=1S/C21H23N3O3/c1-3-13-22-14-20(25)18-9-11-19(12-10-18)23-21(26)15-27-24-16(2)17-7-5-4-6-8-17/h3-12,22H,1,13-15H2,2H3,(H,23,26). The molecule has 0 aliphatic heterocycles. The topological polar surface area (TPSA) is 79.8 Å². The lowest BCUT2D eigenvalue weighted by Crippen LogP contribution is -2.23. The average molecular weight is 365 g/mol. The normalized spacial score (nSPS) is 10.9. The summed E-state index contributed by atoms with van der Waals surface area (Å²) in [4.78, 5) is 29.0. The van der Waals surface area contributed by atoms with Crippen LogP contribution in [0.5, 0.6) is 0 Å². The Labute approximate surface area is 158 Å². The summed E-state index contributed by atoms with van der Waals surface area (Å²) in [6.07, 6.45) is 1.69. The van der Waals surface area contributed by atoms with E-state index in [9.17, 15) is 9.59 Å². The number of hydrogen-bond acceptors (Lipinski definition) is 5. The van der Waals surface area contributed by atoms with Crippen molar-refractivity contribution in [3.05, 3.63) is 78.4 Å². The van der Waals surface area contributed by atoms with Gasteiger partial charge in [-0.25, -0.2) is 0 Å². The Morgan fingerprint density at radius 2 is 1.78 bits per heavy atom. The van der Waals surface area contributed by atoms with Crippen molar-refractivity contribution in [2.45, 2.75) is 6.92 Å². The van der Waals surface area contributed by atoms with Crippen molar-refractivity contribution in [2.75, 3.05) is 25.0 Å². The maximum atomic E-state index is 12.0. The first-order chi connectivity index (χ1) is 13.1. The third kappa shape index (κ3) is 6.87. The molecule has 0 aliphatic rings. The first kappa shape index (κ1) is 20.1. The second-order valence-electron chi connectivity index (χ2n) is 5.78. The number of oxime groups is 1. The highest BCUT2D eigenvalue weighted by molar-refractivity contribution is 5.99. The molecular formula is C21H23N3O3. The summed E-state index contributed by atoms with van der Waals surface area (Å²) < 4.78 is 0. The highest BCUT2D eigenvalue weighted by Crippen LogP contribution is 2.10. The van der Waals surface area contributed by atoms with Crippen molar-refractivity contribution in [2.24, 2.45) is 5.16 Å². The minimum absolute atomic E-state index is 0.0243.